The molecule has 0 saturated heterocycles. The van der Waals surface area contributed by atoms with Crippen LogP contribution in [0.25, 0.3) is 5.76 Å². The summed E-state index contributed by atoms with van der Waals surface area (Å²) in [4.78, 5) is 11.1. The summed E-state index contributed by atoms with van der Waals surface area (Å²) in [5.74, 6) is -0.902. The Bertz CT molecular complexity index is 536. The van der Waals surface area contributed by atoms with E-state index in [4.69, 9.17) is 40.1 Å². The van der Waals surface area contributed by atoms with E-state index in [1.807, 2.05) is 0 Å². The highest BCUT2D eigenvalue weighted by Gasteiger charge is 2.22. The van der Waals surface area contributed by atoms with Crippen molar-refractivity contribution in [3.05, 3.63) is 41.0 Å². The lowest BCUT2D eigenvalue weighted by atomic mass is 10.1. The molecule has 0 fully saturated rings. The average Bonchev–Trinajstić information content (AvgIpc) is 2.28. The normalized spacial score (nSPS) is 12.6. The zero-order chi connectivity index (χ0) is 13.9. The molecule has 0 amide bonds. The molecule has 0 radical (unpaired) electrons. The molecule has 94 valence electrons. The Morgan fingerprint density at radius 3 is 2.11 bits per heavy atom. The van der Waals surface area contributed by atoms with Crippen LogP contribution in [0.1, 0.15) is 18.1 Å². The first kappa shape index (κ1) is 14.8. The maximum atomic E-state index is 11.1. The Kier molecular flexibility index (Phi) is 4.64. The maximum Gasteiger partial charge on any atom is 0.216 e. The lowest BCUT2D eigenvalue weighted by molar-refractivity contribution is -0.113. The summed E-state index contributed by atoms with van der Waals surface area (Å²) in [5.41, 5.74) is 0.418. The number of allylic oxidation sites excluding steroid dienone is 1. The van der Waals surface area contributed by atoms with E-state index >= 15 is 0 Å². The van der Waals surface area contributed by atoms with E-state index in [9.17, 15) is 9.90 Å². The number of carbonyl (C=O) groups excluding carboxylic acids is 1. The Morgan fingerprint density at radius 2 is 1.78 bits per heavy atom. The summed E-state index contributed by atoms with van der Waals surface area (Å²) in [5, 5.41) is 18.5. The van der Waals surface area contributed by atoms with Crippen molar-refractivity contribution in [2.75, 3.05) is 0 Å². The maximum absolute atomic E-state index is 11.1. The van der Waals surface area contributed by atoms with Crippen LogP contribution in [0.2, 0.25) is 0 Å². The van der Waals surface area contributed by atoms with Crippen molar-refractivity contribution in [3.63, 3.8) is 0 Å². The van der Waals surface area contributed by atoms with Crippen LogP contribution in [0.3, 0.4) is 0 Å². The van der Waals surface area contributed by atoms with Gasteiger partial charge in [0.05, 0.1) is 0 Å². The molecule has 1 rings (SSSR count). The smallest absolute Gasteiger partial charge is 0.216 e. The van der Waals surface area contributed by atoms with Gasteiger partial charge in [-0.05, 0) is 0 Å². The average molecular weight is 305 g/mol. The van der Waals surface area contributed by atoms with Crippen LogP contribution in [-0.2, 0) is 8.59 Å². The van der Waals surface area contributed by atoms with E-state index in [1.165, 1.54) is 31.2 Å². The van der Waals surface area contributed by atoms with Gasteiger partial charge in [-0.2, -0.15) is 5.26 Å². The fourth-order valence-electron chi connectivity index (χ4n) is 1.26. The number of halogens is 3. The first-order valence-electron chi connectivity index (χ1n) is 4.79. The molecule has 0 atom stereocenters. The molecular weight excluding hydrogens is 296 g/mol. The molecule has 1 aromatic carbocycles. The van der Waals surface area contributed by atoms with Gasteiger partial charge in [0.2, 0.25) is 3.79 Å². The molecule has 18 heavy (non-hydrogen) atoms. The number of hydrogen-bond acceptors (Lipinski definition) is 3. The highest BCUT2D eigenvalue weighted by atomic mass is 35.6. The number of alkyl halides is 3. The molecule has 0 aliphatic carbocycles. The molecule has 0 aromatic heterocycles. The second kappa shape index (κ2) is 5.62. The Morgan fingerprint density at radius 1 is 1.28 bits per heavy atom. The van der Waals surface area contributed by atoms with Crippen LogP contribution in [0, 0.1) is 11.3 Å². The number of rotatable bonds is 2. The zero-order valence-corrected chi connectivity index (χ0v) is 11.5. The van der Waals surface area contributed by atoms with Gasteiger partial charge in [0.1, 0.15) is 17.4 Å². The predicted molar refractivity (Wildman–Crippen MR) is 71.5 cm³/mol. The third-order valence-electron chi connectivity index (χ3n) is 2.19. The molecular formula is C12H8Cl3NO2. The molecule has 0 spiro atoms. The predicted octanol–water partition coefficient (Wildman–Crippen LogP) is 3.89. The molecule has 6 heteroatoms. The van der Waals surface area contributed by atoms with Crippen molar-refractivity contribution in [1.82, 2.24) is 0 Å². The van der Waals surface area contributed by atoms with E-state index in [0.717, 1.165) is 0 Å². The number of aliphatic hydroxyl groups is 1. The molecule has 0 saturated carbocycles. The Hall–Kier alpha value is -1.21. The number of ketones is 1. The van der Waals surface area contributed by atoms with Gasteiger partial charge >= 0.3 is 0 Å². The summed E-state index contributed by atoms with van der Waals surface area (Å²) >= 11 is 17.0. The minimum absolute atomic E-state index is 0.305. The number of aliphatic hydroxyl groups excluding tert-OH is 1. The molecule has 0 bridgehead atoms. The number of nitrogens with zero attached hydrogens (tertiary/aromatic N) is 1. The van der Waals surface area contributed by atoms with Gasteiger partial charge in [-0.3, -0.25) is 4.79 Å². The SMILES string of the molecule is CC(=O)C(C#N)=C(O)c1ccc(C(Cl)(Cl)Cl)cc1. The third kappa shape index (κ3) is 3.39. The summed E-state index contributed by atoms with van der Waals surface area (Å²) in [6.45, 7) is 1.20. The van der Waals surface area contributed by atoms with Crippen molar-refractivity contribution >= 4 is 46.3 Å². The van der Waals surface area contributed by atoms with Crippen molar-refractivity contribution < 1.29 is 9.90 Å². The Labute approximate surface area is 119 Å². The van der Waals surface area contributed by atoms with E-state index in [2.05, 4.69) is 0 Å². The van der Waals surface area contributed by atoms with Crippen LogP contribution in [-0.4, -0.2) is 10.9 Å². The molecule has 0 heterocycles. The van der Waals surface area contributed by atoms with E-state index in [0.29, 0.717) is 11.1 Å². The van der Waals surface area contributed by atoms with Crippen molar-refractivity contribution in [3.8, 4) is 6.07 Å². The van der Waals surface area contributed by atoms with Crippen molar-refractivity contribution in [2.45, 2.75) is 10.7 Å². The van der Waals surface area contributed by atoms with Gasteiger partial charge in [-0.1, -0.05) is 59.1 Å². The van der Waals surface area contributed by atoms with Gasteiger partial charge in [-0.15, -0.1) is 0 Å². The van der Waals surface area contributed by atoms with E-state index in [-0.39, 0.29) is 11.3 Å². The van der Waals surface area contributed by atoms with Gasteiger partial charge < -0.3 is 5.11 Å². The molecule has 0 aliphatic heterocycles. The third-order valence-corrected chi connectivity index (χ3v) is 2.84. The fourth-order valence-corrected chi connectivity index (χ4v) is 1.64. The van der Waals surface area contributed by atoms with Crippen LogP contribution < -0.4 is 0 Å². The summed E-state index contributed by atoms with van der Waals surface area (Å²) in [7, 11) is 0. The first-order valence-corrected chi connectivity index (χ1v) is 5.92. The standard InChI is InChI=1S/C12H8Cl3NO2/c1-7(17)10(6-16)11(18)8-2-4-9(5-3-8)12(13,14)15/h2-5,18H,1H3. The van der Waals surface area contributed by atoms with Gasteiger partial charge in [-0.25, -0.2) is 0 Å². The number of benzene rings is 1. The van der Waals surface area contributed by atoms with Gasteiger partial charge in [0.25, 0.3) is 0 Å². The molecule has 0 unspecified atom stereocenters. The number of Topliss-reactive ketones (excluding diaryl/α,β-unsaturated/α-hetero) is 1. The zero-order valence-electron chi connectivity index (χ0n) is 9.25. The largest absolute Gasteiger partial charge is 0.506 e. The second-order valence-electron chi connectivity index (χ2n) is 3.47. The monoisotopic (exact) mass is 303 g/mol. The van der Waals surface area contributed by atoms with Crippen molar-refractivity contribution in [2.24, 2.45) is 0 Å². The number of nitriles is 1. The molecule has 3 nitrogen and oxygen atoms in total. The van der Waals surface area contributed by atoms with Crippen LogP contribution in [0.4, 0.5) is 0 Å². The van der Waals surface area contributed by atoms with Crippen molar-refractivity contribution in [1.29, 1.82) is 5.26 Å². The second-order valence-corrected chi connectivity index (χ2v) is 5.75. The summed E-state index contributed by atoms with van der Waals surface area (Å²) < 4.78 is -1.56. The highest BCUT2D eigenvalue weighted by Crippen LogP contribution is 2.38. The quantitative estimate of drug-likeness (QED) is 0.390. The lowest BCUT2D eigenvalue weighted by Crippen LogP contribution is -2.02. The van der Waals surface area contributed by atoms with Crippen LogP contribution in [0.5, 0.6) is 0 Å². The minimum atomic E-state index is -1.56. The number of carbonyl (C=O) groups is 1. The minimum Gasteiger partial charge on any atom is -0.506 e. The molecule has 0 aliphatic rings. The lowest BCUT2D eigenvalue weighted by Gasteiger charge is -2.11. The topological polar surface area (TPSA) is 61.1 Å². The number of hydrogen-bond donors (Lipinski definition) is 1. The van der Waals surface area contributed by atoms with Gasteiger partial charge in [0.15, 0.2) is 5.78 Å². The van der Waals surface area contributed by atoms with Crippen LogP contribution >= 0.6 is 34.8 Å². The highest BCUT2D eigenvalue weighted by molar-refractivity contribution is 6.66. The first-order chi connectivity index (χ1) is 8.27. The fraction of sp³-hybridized carbons (Fsp3) is 0.167. The van der Waals surface area contributed by atoms with E-state index < -0.39 is 9.58 Å². The van der Waals surface area contributed by atoms with Crippen LogP contribution in [0.15, 0.2) is 29.8 Å². The summed E-state index contributed by atoms with van der Waals surface area (Å²) in [6.07, 6.45) is 0. The Balaban J connectivity index is 3.22. The summed E-state index contributed by atoms with van der Waals surface area (Å²) in [6, 6.07) is 7.56. The molecule has 1 aromatic rings. The van der Waals surface area contributed by atoms with Gasteiger partial charge in [0, 0.05) is 18.1 Å². The molecule has 1 N–H and O–H groups in total. The van der Waals surface area contributed by atoms with E-state index in [1.54, 1.807) is 6.07 Å².